The van der Waals surface area contributed by atoms with E-state index in [0.717, 1.165) is 11.3 Å². The molecule has 138 valence electrons. The van der Waals surface area contributed by atoms with Crippen molar-refractivity contribution in [2.75, 3.05) is 0 Å². The second-order valence-electron chi connectivity index (χ2n) is 5.83. The quantitative estimate of drug-likeness (QED) is 0.529. The third kappa shape index (κ3) is 3.98. The second-order valence-corrected chi connectivity index (χ2v) is 6.27. The Morgan fingerprint density at radius 1 is 1.26 bits per heavy atom. The number of aromatic hydroxyl groups is 1. The van der Waals surface area contributed by atoms with Gasteiger partial charge in [0.05, 0.1) is 28.9 Å². The lowest BCUT2D eigenvalue weighted by molar-refractivity contribution is 0.0952. The van der Waals surface area contributed by atoms with Gasteiger partial charge < -0.3 is 5.11 Å². The van der Waals surface area contributed by atoms with Gasteiger partial charge in [-0.3, -0.25) is 4.79 Å². The summed E-state index contributed by atoms with van der Waals surface area (Å²) in [4.78, 5) is 12.1. The molecular formula is C19H16ClFN4O2. The van der Waals surface area contributed by atoms with Crippen molar-refractivity contribution in [3.63, 3.8) is 0 Å². The van der Waals surface area contributed by atoms with Gasteiger partial charge in [0.2, 0.25) is 0 Å². The summed E-state index contributed by atoms with van der Waals surface area (Å²) in [5.41, 5.74) is 5.28. The molecule has 27 heavy (non-hydrogen) atoms. The Morgan fingerprint density at radius 3 is 2.67 bits per heavy atom. The standard InChI is InChI=1S/C19H16ClFN4O2/c1-11-17(12(2)25(24-11)15-6-4-14(21)5-7-15)10-22-23-19(27)16-9-13(20)3-8-18(16)26/h3-10,26H,1-2H3,(H,23,27)/b22-10-. The molecule has 0 fully saturated rings. The first kappa shape index (κ1) is 18.6. The van der Waals surface area contributed by atoms with Crippen LogP contribution in [0.15, 0.2) is 47.6 Å². The van der Waals surface area contributed by atoms with Crippen molar-refractivity contribution < 1.29 is 14.3 Å². The molecule has 2 N–H and O–H groups in total. The van der Waals surface area contributed by atoms with Crippen LogP contribution in [0.1, 0.15) is 27.3 Å². The zero-order valence-corrected chi connectivity index (χ0v) is 15.3. The van der Waals surface area contributed by atoms with Gasteiger partial charge in [-0.15, -0.1) is 0 Å². The molecule has 0 atom stereocenters. The number of rotatable bonds is 4. The molecule has 6 nitrogen and oxygen atoms in total. The van der Waals surface area contributed by atoms with E-state index in [1.807, 2.05) is 6.92 Å². The number of benzene rings is 2. The van der Waals surface area contributed by atoms with Crippen LogP contribution in [0.25, 0.3) is 5.69 Å². The molecule has 0 saturated heterocycles. The average Bonchev–Trinajstić information content (AvgIpc) is 2.92. The van der Waals surface area contributed by atoms with E-state index in [-0.39, 0.29) is 17.1 Å². The maximum atomic E-state index is 13.1. The van der Waals surface area contributed by atoms with E-state index < -0.39 is 5.91 Å². The lowest BCUT2D eigenvalue weighted by Crippen LogP contribution is -2.17. The number of hydrogen-bond acceptors (Lipinski definition) is 4. The lowest BCUT2D eigenvalue weighted by atomic mass is 10.2. The molecule has 3 aromatic rings. The van der Waals surface area contributed by atoms with Crippen LogP contribution in [0.4, 0.5) is 4.39 Å². The van der Waals surface area contributed by atoms with Crippen LogP contribution in [0.3, 0.4) is 0 Å². The van der Waals surface area contributed by atoms with Crippen LogP contribution < -0.4 is 5.43 Å². The van der Waals surface area contributed by atoms with Crippen LogP contribution >= 0.6 is 11.6 Å². The highest BCUT2D eigenvalue weighted by molar-refractivity contribution is 6.31. The molecule has 8 heteroatoms. The zero-order chi connectivity index (χ0) is 19.6. The Bertz CT molecular complexity index is 1030. The highest BCUT2D eigenvalue weighted by atomic mass is 35.5. The van der Waals surface area contributed by atoms with Gasteiger partial charge >= 0.3 is 0 Å². The first-order valence-electron chi connectivity index (χ1n) is 8.01. The topological polar surface area (TPSA) is 79.5 Å². The normalized spacial score (nSPS) is 11.1. The lowest BCUT2D eigenvalue weighted by Gasteiger charge is -2.04. The van der Waals surface area contributed by atoms with Gasteiger partial charge in [0.15, 0.2) is 0 Å². The fourth-order valence-corrected chi connectivity index (χ4v) is 2.75. The smallest absolute Gasteiger partial charge is 0.275 e. The molecule has 0 aliphatic carbocycles. The molecule has 1 aromatic heterocycles. The summed E-state index contributed by atoms with van der Waals surface area (Å²) in [7, 11) is 0. The van der Waals surface area contributed by atoms with E-state index in [2.05, 4.69) is 15.6 Å². The third-order valence-electron chi connectivity index (χ3n) is 3.98. The molecule has 0 radical (unpaired) electrons. The Morgan fingerprint density at radius 2 is 1.96 bits per heavy atom. The van der Waals surface area contributed by atoms with Gasteiger partial charge in [-0.05, 0) is 56.3 Å². The van der Waals surface area contributed by atoms with Crippen molar-refractivity contribution in [3.8, 4) is 11.4 Å². The van der Waals surface area contributed by atoms with Gasteiger partial charge in [0.1, 0.15) is 11.6 Å². The van der Waals surface area contributed by atoms with E-state index >= 15 is 0 Å². The third-order valence-corrected chi connectivity index (χ3v) is 4.22. The predicted octanol–water partition coefficient (Wildman–Crippen LogP) is 3.75. The Labute approximate surface area is 159 Å². The van der Waals surface area contributed by atoms with Gasteiger partial charge in [-0.2, -0.15) is 10.2 Å². The van der Waals surface area contributed by atoms with Crippen molar-refractivity contribution in [1.82, 2.24) is 15.2 Å². The zero-order valence-electron chi connectivity index (χ0n) is 14.6. The van der Waals surface area contributed by atoms with Crippen LogP contribution in [0, 0.1) is 19.7 Å². The minimum atomic E-state index is -0.590. The molecule has 0 saturated carbocycles. The van der Waals surface area contributed by atoms with Crippen LogP contribution in [0.2, 0.25) is 5.02 Å². The summed E-state index contributed by atoms with van der Waals surface area (Å²) >= 11 is 5.84. The molecule has 0 bridgehead atoms. The monoisotopic (exact) mass is 386 g/mol. The minimum absolute atomic E-state index is 0.0232. The van der Waals surface area contributed by atoms with Crippen molar-refractivity contribution in [2.45, 2.75) is 13.8 Å². The Hall–Kier alpha value is -3.19. The number of hydrogen-bond donors (Lipinski definition) is 2. The summed E-state index contributed by atoms with van der Waals surface area (Å²) < 4.78 is 14.8. The maximum Gasteiger partial charge on any atom is 0.275 e. The Kier molecular flexibility index (Phi) is 5.23. The number of nitrogens with zero attached hydrogens (tertiary/aromatic N) is 3. The van der Waals surface area contributed by atoms with Gasteiger partial charge in [-0.25, -0.2) is 14.5 Å². The van der Waals surface area contributed by atoms with Crippen molar-refractivity contribution in [2.24, 2.45) is 5.10 Å². The molecular weight excluding hydrogens is 371 g/mol. The molecule has 0 aliphatic rings. The number of aryl methyl sites for hydroxylation is 1. The largest absolute Gasteiger partial charge is 0.507 e. The SMILES string of the molecule is Cc1nn(-c2ccc(F)cc2)c(C)c1/C=N\NC(=O)c1cc(Cl)ccc1O. The van der Waals surface area contributed by atoms with Crippen LogP contribution in [-0.2, 0) is 0 Å². The molecule has 2 aromatic carbocycles. The average molecular weight is 387 g/mol. The highest BCUT2D eigenvalue weighted by Gasteiger charge is 2.13. The summed E-state index contributed by atoms with van der Waals surface area (Å²) in [6, 6.07) is 10.1. The fraction of sp³-hybridized carbons (Fsp3) is 0.105. The van der Waals surface area contributed by atoms with Gasteiger partial charge in [0, 0.05) is 10.6 Å². The molecule has 3 rings (SSSR count). The highest BCUT2D eigenvalue weighted by Crippen LogP contribution is 2.21. The van der Waals surface area contributed by atoms with E-state index in [4.69, 9.17) is 11.6 Å². The number of phenols is 1. The minimum Gasteiger partial charge on any atom is -0.507 e. The van der Waals surface area contributed by atoms with Crippen molar-refractivity contribution in [3.05, 3.63) is 75.8 Å². The number of aromatic nitrogens is 2. The second kappa shape index (κ2) is 7.59. The van der Waals surface area contributed by atoms with E-state index in [1.54, 1.807) is 23.7 Å². The molecule has 1 amide bonds. The van der Waals surface area contributed by atoms with Crippen LogP contribution in [-0.4, -0.2) is 27.0 Å². The van der Waals surface area contributed by atoms with Crippen molar-refractivity contribution >= 4 is 23.7 Å². The first-order valence-corrected chi connectivity index (χ1v) is 8.38. The predicted molar refractivity (Wildman–Crippen MR) is 101 cm³/mol. The molecule has 0 unspecified atom stereocenters. The number of halogens is 2. The van der Waals surface area contributed by atoms with Crippen molar-refractivity contribution in [1.29, 1.82) is 0 Å². The molecule has 1 heterocycles. The fourth-order valence-electron chi connectivity index (χ4n) is 2.58. The van der Waals surface area contributed by atoms with Gasteiger partial charge in [0.25, 0.3) is 5.91 Å². The molecule has 0 aliphatic heterocycles. The maximum absolute atomic E-state index is 13.1. The number of hydrazone groups is 1. The number of carbonyl (C=O) groups is 1. The first-order chi connectivity index (χ1) is 12.9. The summed E-state index contributed by atoms with van der Waals surface area (Å²) in [5.74, 6) is -1.11. The van der Waals surface area contributed by atoms with Crippen LogP contribution in [0.5, 0.6) is 5.75 Å². The van der Waals surface area contributed by atoms with E-state index in [1.165, 1.54) is 36.5 Å². The summed E-state index contributed by atoms with van der Waals surface area (Å²) in [5, 5.41) is 18.4. The number of carbonyl (C=O) groups excluding carboxylic acids is 1. The van der Waals surface area contributed by atoms with E-state index in [9.17, 15) is 14.3 Å². The number of phenolic OH excluding ortho intramolecular Hbond substituents is 1. The Balaban J connectivity index is 1.80. The van der Waals surface area contributed by atoms with E-state index in [0.29, 0.717) is 16.4 Å². The number of amides is 1. The summed E-state index contributed by atoms with van der Waals surface area (Å²) in [6.45, 7) is 3.65. The summed E-state index contributed by atoms with van der Waals surface area (Å²) in [6.07, 6.45) is 1.47. The van der Waals surface area contributed by atoms with Gasteiger partial charge in [-0.1, -0.05) is 11.6 Å². The number of nitrogens with one attached hydrogen (secondary N) is 1. The molecule has 0 spiro atoms.